The molecule has 1 amide bonds. The topological polar surface area (TPSA) is 83.8 Å². The average molecular weight is 264 g/mol. The molecule has 2 aromatic rings. The molecule has 0 radical (unpaired) electrons. The number of H-pyrrole nitrogens is 1. The second-order valence-corrected chi connectivity index (χ2v) is 4.92. The molecule has 0 bridgehead atoms. The van der Waals surface area contributed by atoms with Gasteiger partial charge in [0.25, 0.3) is 0 Å². The van der Waals surface area contributed by atoms with Gasteiger partial charge in [0, 0.05) is 17.3 Å². The summed E-state index contributed by atoms with van der Waals surface area (Å²) in [5, 5.41) is 4.82. The molecule has 4 N–H and O–H groups in total. The molecular weight excluding hydrogens is 248 g/mol. The first-order valence-electron chi connectivity index (χ1n) is 5.81. The molecule has 0 fully saturated rings. The molecule has 0 saturated carbocycles. The molecule has 18 heavy (non-hydrogen) atoms. The van der Waals surface area contributed by atoms with Crippen LogP contribution in [0.25, 0.3) is 0 Å². The van der Waals surface area contributed by atoms with Crippen molar-refractivity contribution in [1.82, 2.24) is 15.3 Å². The van der Waals surface area contributed by atoms with Crippen LogP contribution in [-0.4, -0.2) is 15.9 Å². The van der Waals surface area contributed by atoms with Gasteiger partial charge in [-0.05, 0) is 17.9 Å². The van der Waals surface area contributed by atoms with Crippen molar-refractivity contribution in [1.29, 1.82) is 0 Å². The number of nitrogens with two attached hydrogens (primary N) is 1. The standard InChI is InChI=1S/C12H16N4OS/c1-2-8(11-14-5-6-15-11)16-12(17)10(13)9-4-3-7-18-9/h3-8,10H,2,13H2,1H3,(H,14,15)(H,16,17). The Hall–Kier alpha value is -1.66. The predicted molar refractivity (Wildman–Crippen MR) is 71.0 cm³/mol. The number of aromatic amines is 1. The lowest BCUT2D eigenvalue weighted by Crippen LogP contribution is -2.36. The van der Waals surface area contributed by atoms with E-state index in [2.05, 4.69) is 15.3 Å². The van der Waals surface area contributed by atoms with Crippen molar-refractivity contribution < 1.29 is 4.79 Å². The van der Waals surface area contributed by atoms with E-state index < -0.39 is 6.04 Å². The van der Waals surface area contributed by atoms with Gasteiger partial charge in [0.1, 0.15) is 11.9 Å². The molecule has 0 saturated heterocycles. The van der Waals surface area contributed by atoms with Gasteiger partial charge in [-0.25, -0.2) is 4.98 Å². The Morgan fingerprint density at radius 1 is 1.67 bits per heavy atom. The predicted octanol–water partition coefficient (Wildman–Crippen LogP) is 1.74. The first-order valence-corrected chi connectivity index (χ1v) is 6.69. The third kappa shape index (κ3) is 2.77. The molecule has 2 aromatic heterocycles. The van der Waals surface area contributed by atoms with Gasteiger partial charge in [0.05, 0.1) is 6.04 Å². The Labute approximate surface area is 109 Å². The fourth-order valence-corrected chi connectivity index (χ4v) is 2.42. The highest BCUT2D eigenvalue weighted by atomic mass is 32.1. The molecule has 0 aliphatic heterocycles. The highest BCUT2D eigenvalue weighted by molar-refractivity contribution is 7.10. The Morgan fingerprint density at radius 2 is 2.50 bits per heavy atom. The van der Waals surface area contributed by atoms with Crippen molar-refractivity contribution in [3.63, 3.8) is 0 Å². The van der Waals surface area contributed by atoms with Crippen LogP contribution in [0, 0.1) is 0 Å². The van der Waals surface area contributed by atoms with Crippen molar-refractivity contribution in [3.05, 3.63) is 40.6 Å². The van der Waals surface area contributed by atoms with E-state index in [0.717, 1.165) is 17.1 Å². The van der Waals surface area contributed by atoms with Crippen LogP contribution >= 0.6 is 11.3 Å². The van der Waals surface area contributed by atoms with Crippen molar-refractivity contribution in [2.24, 2.45) is 5.73 Å². The van der Waals surface area contributed by atoms with Gasteiger partial charge in [-0.3, -0.25) is 4.79 Å². The minimum atomic E-state index is -0.617. The summed E-state index contributed by atoms with van der Waals surface area (Å²) in [6.45, 7) is 1.99. The smallest absolute Gasteiger partial charge is 0.242 e. The summed E-state index contributed by atoms with van der Waals surface area (Å²) in [6, 6.07) is 3.01. The van der Waals surface area contributed by atoms with Crippen molar-refractivity contribution in [2.75, 3.05) is 0 Å². The largest absolute Gasteiger partial charge is 0.347 e. The van der Waals surface area contributed by atoms with E-state index >= 15 is 0 Å². The number of hydrogen-bond acceptors (Lipinski definition) is 4. The Balaban J connectivity index is 2.02. The maximum atomic E-state index is 12.0. The molecular formula is C12H16N4OS. The quantitative estimate of drug-likeness (QED) is 0.769. The third-order valence-corrected chi connectivity index (χ3v) is 3.66. The fraction of sp³-hybridized carbons (Fsp3) is 0.333. The summed E-state index contributed by atoms with van der Waals surface area (Å²) < 4.78 is 0. The lowest BCUT2D eigenvalue weighted by molar-refractivity contribution is -0.123. The molecule has 0 aromatic carbocycles. The van der Waals surface area contributed by atoms with Crippen LogP contribution in [0.2, 0.25) is 0 Å². The van der Waals surface area contributed by atoms with Gasteiger partial charge in [-0.15, -0.1) is 11.3 Å². The summed E-state index contributed by atoms with van der Waals surface area (Å²) >= 11 is 1.48. The van der Waals surface area contributed by atoms with E-state index in [-0.39, 0.29) is 11.9 Å². The second-order valence-electron chi connectivity index (χ2n) is 3.94. The summed E-state index contributed by atoms with van der Waals surface area (Å²) in [5.74, 6) is 0.574. The Kier molecular flexibility index (Phi) is 4.11. The zero-order valence-corrected chi connectivity index (χ0v) is 10.9. The van der Waals surface area contributed by atoms with E-state index in [9.17, 15) is 4.79 Å². The van der Waals surface area contributed by atoms with E-state index in [1.807, 2.05) is 24.4 Å². The number of hydrogen-bond donors (Lipinski definition) is 3. The Morgan fingerprint density at radius 3 is 3.06 bits per heavy atom. The molecule has 2 unspecified atom stereocenters. The van der Waals surface area contributed by atoms with E-state index in [0.29, 0.717) is 0 Å². The lowest BCUT2D eigenvalue weighted by Gasteiger charge is -2.17. The first-order chi connectivity index (χ1) is 8.72. The molecule has 6 heteroatoms. The van der Waals surface area contributed by atoms with Crippen LogP contribution in [-0.2, 0) is 4.79 Å². The molecule has 0 aliphatic carbocycles. The summed E-state index contributed by atoms with van der Waals surface area (Å²) in [6.07, 6.45) is 4.17. The average Bonchev–Trinajstić information content (AvgIpc) is 3.06. The number of rotatable bonds is 5. The summed E-state index contributed by atoms with van der Waals surface area (Å²) in [4.78, 5) is 20.1. The van der Waals surface area contributed by atoms with Crippen LogP contribution in [0.15, 0.2) is 29.9 Å². The normalized spacial score (nSPS) is 14.1. The number of carbonyl (C=O) groups is 1. The van der Waals surface area contributed by atoms with Gasteiger partial charge in [-0.2, -0.15) is 0 Å². The van der Waals surface area contributed by atoms with Gasteiger partial charge in [0.15, 0.2) is 0 Å². The monoisotopic (exact) mass is 264 g/mol. The zero-order chi connectivity index (χ0) is 13.0. The van der Waals surface area contributed by atoms with Crippen LogP contribution in [0.4, 0.5) is 0 Å². The van der Waals surface area contributed by atoms with Gasteiger partial charge >= 0.3 is 0 Å². The summed E-state index contributed by atoms with van der Waals surface area (Å²) in [5.41, 5.74) is 5.91. The van der Waals surface area contributed by atoms with Gasteiger partial charge < -0.3 is 16.0 Å². The van der Waals surface area contributed by atoms with Crippen LogP contribution < -0.4 is 11.1 Å². The number of imidazole rings is 1. The van der Waals surface area contributed by atoms with E-state index in [1.54, 1.807) is 12.4 Å². The van der Waals surface area contributed by atoms with Crippen molar-refractivity contribution >= 4 is 17.2 Å². The number of nitrogens with one attached hydrogen (secondary N) is 2. The molecule has 2 atom stereocenters. The molecule has 2 heterocycles. The first kappa shape index (κ1) is 12.8. The minimum absolute atomic E-state index is 0.126. The molecule has 0 spiro atoms. The molecule has 2 rings (SSSR count). The third-order valence-electron chi connectivity index (χ3n) is 2.71. The van der Waals surface area contributed by atoms with E-state index in [4.69, 9.17) is 5.73 Å². The van der Waals surface area contributed by atoms with Crippen LogP contribution in [0.5, 0.6) is 0 Å². The maximum Gasteiger partial charge on any atom is 0.242 e. The van der Waals surface area contributed by atoms with Crippen LogP contribution in [0.3, 0.4) is 0 Å². The minimum Gasteiger partial charge on any atom is -0.347 e. The summed E-state index contributed by atoms with van der Waals surface area (Å²) in [7, 11) is 0. The lowest BCUT2D eigenvalue weighted by atomic mass is 10.1. The van der Waals surface area contributed by atoms with Gasteiger partial charge in [0.2, 0.25) is 5.91 Å². The number of thiophene rings is 1. The highest BCUT2D eigenvalue weighted by Crippen LogP contribution is 2.19. The Bertz CT molecular complexity index is 480. The number of carbonyl (C=O) groups excluding carboxylic acids is 1. The van der Waals surface area contributed by atoms with Gasteiger partial charge in [-0.1, -0.05) is 13.0 Å². The van der Waals surface area contributed by atoms with Crippen LogP contribution in [0.1, 0.15) is 36.1 Å². The molecule has 0 aliphatic rings. The maximum absolute atomic E-state index is 12.0. The number of aromatic nitrogens is 2. The SMILES string of the molecule is CCC(NC(=O)C(N)c1cccs1)c1ncc[nH]1. The number of nitrogens with zero attached hydrogens (tertiary/aromatic N) is 1. The molecule has 96 valence electrons. The zero-order valence-electron chi connectivity index (χ0n) is 10.1. The highest BCUT2D eigenvalue weighted by Gasteiger charge is 2.21. The number of amides is 1. The van der Waals surface area contributed by atoms with Crippen molar-refractivity contribution in [3.8, 4) is 0 Å². The van der Waals surface area contributed by atoms with E-state index in [1.165, 1.54) is 11.3 Å². The second kappa shape index (κ2) is 5.79. The fourth-order valence-electron chi connectivity index (χ4n) is 1.69. The van der Waals surface area contributed by atoms with Crippen molar-refractivity contribution in [2.45, 2.75) is 25.4 Å². The molecule has 5 nitrogen and oxygen atoms in total.